The average molecular weight is 256 g/mol. The van der Waals surface area contributed by atoms with Crippen molar-refractivity contribution in [1.29, 1.82) is 5.26 Å². The summed E-state index contributed by atoms with van der Waals surface area (Å²) in [6, 6.07) is 12.0. The first-order valence-electron chi connectivity index (χ1n) is 5.96. The Balaban J connectivity index is 1.82. The second kappa shape index (κ2) is 6.62. The van der Waals surface area contributed by atoms with Crippen LogP contribution < -0.4 is 0 Å². The van der Waals surface area contributed by atoms with Crippen molar-refractivity contribution in [3.63, 3.8) is 0 Å². The lowest BCUT2D eigenvalue weighted by Crippen LogP contribution is -2.01. The van der Waals surface area contributed by atoms with E-state index in [2.05, 4.69) is 4.98 Å². The molecule has 4 heteroatoms. The van der Waals surface area contributed by atoms with Gasteiger partial charge in [-0.25, -0.2) is 4.39 Å². The van der Waals surface area contributed by atoms with Gasteiger partial charge in [0.15, 0.2) is 0 Å². The van der Waals surface area contributed by atoms with Crippen LogP contribution in [0.1, 0.15) is 16.8 Å². The van der Waals surface area contributed by atoms with Crippen molar-refractivity contribution in [1.82, 2.24) is 4.98 Å². The molecule has 0 N–H and O–H groups in total. The van der Waals surface area contributed by atoms with Crippen molar-refractivity contribution in [2.24, 2.45) is 0 Å². The maximum absolute atomic E-state index is 13.1. The van der Waals surface area contributed by atoms with Crippen molar-refractivity contribution in [3.8, 4) is 6.07 Å². The molecule has 0 atom stereocenters. The van der Waals surface area contributed by atoms with E-state index in [9.17, 15) is 4.39 Å². The lowest BCUT2D eigenvalue weighted by molar-refractivity contribution is 0.123. The third kappa shape index (κ3) is 3.87. The first kappa shape index (κ1) is 13.2. The highest BCUT2D eigenvalue weighted by atomic mass is 19.1. The van der Waals surface area contributed by atoms with Gasteiger partial charge in [0.1, 0.15) is 11.9 Å². The molecule has 0 saturated heterocycles. The molecule has 1 heterocycles. The molecular weight excluding hydrogens is 243 g/mol. The summed E-state index contributed by atoms with van der Waals surface area (Å²) in [5.74, 6) is -0.500. The predicted octanol–water partition coefficient (Wildman–Crippen LogP) is 2.85. The van der Waals surface area contributed by atoms with Crippen LogP contribution in [0, 0.1) is 17.1 Å². The zero-order chi connectivity index (χ0) is 13.5. The molecule has 0 aliphatic carbocycles. The molecule has 0 radical (unpaired) electrons. The van der Waals surface area contributed by atoms with Crippen LogP contribution >= 0.6 is 0 Å². The van der Waals surface area contributed by atoms with Gasteiger partial charge in [0.05, 0.1) is 18.8 Å². The van der Waals surface area contributed by atoms with E-state index in [1.165, 1.54) is 12.1 Å². The smallest absolute Gasteiger partial charge is 0.140 e. The fourth-order valence-corrected chi connectivity index (χ4v) is 1.66. The quantitative estimate of drug-likeness (QED) is 0.773. The van der Waals surface area contributed by atoms with Gasteiger partial charge >= 0.3 is 0 Å². The zero-order valence-corrected chi connectivity index (χ0v) is 10.3. The molecule has 2 rings (SSSR count). The Bertz CT molecular complexity index is 578. The lowest BCUT2D eigenvalue weighted by atomic mass is 10.1. The van der Waals surface area contributed by atoms with E-state index in [4.69, 9.17) is 10.00 Å². The summed E-state index contributed by atoms with van der Waals surface area (Å²) in [7, 11) is 0. The summed E-state index contributed by atoms with van der Waals surface area (Å²) in [6.07, 6.45) is 2.47. The molecule has 0 saturated carbocycles. The number of rotatable bonds is 5. The Kier molecular flexibility index (Phi) is 4.60. The van der Waals surface area contributed by atoms with Crippen LogP contribution in [0.2, 0.25) is 0 Å². The number of hydrogen-bond acceptors (Lipinski definition) is 3. The number of ether oxygens (including phenoxy) is 1. The number of aromatic nitrogens is 1. The molecular formula is C15H13FN2O. The number of nitriles is 1. The van der Waals surface area contributed by atoms with Gasteiger partial charge in [-0.05, 0) is 29.8 Å². The molecule has 0 spiro atoms. The minimum absolute atomic E-state index is 0.0471. The van der Waals surface area contributed by atoms with Crippen LogP contribution in [0.25, 0.3) is 0 Å². The van der Waals surface area contributed by atoms with Gasteiger partial charge in [0, 0.05) is 18.3 Å². The van der Waals surface area contributed by atoms with Gasteiger partial charge in [0.25, 0.3) is 0 Å². The maximum atomic E-state index is 13.1. The molecule has 0 unspecified atom stereocenters. The van der Waals surface area contributed by atoms with E-state index >= 15 is 0 Å². The molecule has 3 nitrogen and oxygen atoms in total. The number of nitrogens with zero attached hydrogens (tertiary/aromatic N) is 2. The van der Waals surface area contributed by atoms with Gasteiger partial charge in [-0.1, -0.05) is 12.1 Å². The van der Waals surface area contributed by atoms with Crippen molar-refractivity contribution < 1.29 is 9.13 Å². The fraction of sp³-hybridized carbons (Fsp3) is 0.200. The van der Waals surface area contributed by atoms with Crippen LogP contribution in [-0.2, 0) is 17.8 Å². The second-order valence-corrected chi connectivity index (χ2v) is 4.05. The molecule has 1 aromatic heterocycles. The molecule has 1 aromatic carbocycles. The van der Waals surface area contributed by atoms with E-state index in [0.717, 1.165) is 17.7 Å². The molecule has 19 heavy (non-hydrogen) atoms. The Labute approximate surface area is 111 Å². The molecule has 0 bridgehead atoms. The summed E-state index contributed by atoms with van der Waals surface area (Å²) < 4.78 is 18.6. The molecule has 0 aliphatic heterocycles. The Morgan fingerprint density at radius 1 is 1.26 bits per heavy atom. The summed E-state index contributed by atoms with van der Waals surface area (Å²) in [5.41, 5.74) is 1.81. The molecule has 2 aromatic rings. The monoisotopic (exact) mass is 256 g/mol. The van der Waals surface area contributed by atoms with E-state index < -0.39 is 5.82 Å². The van der Waals surface area contributed by atoms with Crippen molar-refractivity contribution in [2.45, 2.75) is 13.0 Å². The topological polar surface area (TPSA) is 45.9 Å². The SMILES string of the molecule is N#Cc1cc(COCCc2ccccn2)ccc1F. The van der Waals surface area contributed by atoms with Gasteiger partial charge in [-0.3, -0.25) is 4.98 Å². The van der Waals surface area contributed by atoms with Crippen LogP contribution in [0.15, 0.2) is 42.6 Å². The minimum atomic E-state index is -0.500. The van der Waals surface area contributed by atoms with Crippen LogP contribution in [-0.4, -0.2) is 11.6 Å². The van der Waals surface area contributed by atoms with Crippen molar-refractivity contribution in [2.75, 3.05) is 6.61 Å². The Hall–Kier alpha value is -2.25. The first-order valence-corrected chi connectivity index (χ1v) is 5.96. The standard InChI is InChI=1S/C15H13FN2O/c16-15-5-4-12(9-13(15)10-17)11-19-8-6-14-3-1-2-7-18-14/h1-5,7,9H,6,8,11H2. The third-order valence-corrected chi connectivity index (χ3v) is 2.65. The predicted molar refractivity (Wildman–Crippen MR) is 68.7 cm³/mol. The summed E-state index contributed by atoms with van der Waals surface area (Å²) >= 11 is 0. The van der Waals surface area contributed by atoms with Gasteiger partial charge in [-0.15, -0.1) is 0 Å². The summed E-state index contributed by atoms with van der Waals surface area (Å²) in [4.78, 5) is 4.19. The van der Waals surface area contributed by atoms with Gasteiger partial charge < -0.3 is 4.74 Å². The maximum Gasteiger partial charge on any atom is 0.140 e. The lowest BCUT2D eigenvalue weighted by Gasteiger charge is -2.05. The Morgan fingerprint density at radius 3 is 2.89 bits per heavy atom. The highest BCUT2D eigenvalue weighted by Crippen LogP contribution is 2.10. The van der Waals surface area contributed by atoms with Crippen LogP contribution in [0.3, 0.4) is 0 Å². The van der Waals surface area contributed by atoms with E-state index in [-0.39, 0.29) is 5.56 Å². The minimum Gasteiger partial charge on any atom is -0.376 e. The molecule has 96 valence electrons. The van der Waals surface area contributed by atoms with Crippen molar-refractivity contribution in [3.05, 3.63) is 65.2 Å². The normalized spacial score (nSPS) is 10.1. The summed E-state index contributed by atoms with van der Waals surface area (Å²) in [5, 5.41) is 8.72. The zero-order valence-electron chi connectivity index (χ0n) is 10.3. The summed E-state index contributed by atoms with van der Waals surface area (Å²) in [6.45, 7) is 0.901. The number of halogens is 1. The van der Waals surface area contributed by atoms with Crippen molar-refractivity contribution >= 4 is 0 Å². The van der Waals surface area contributed by atoms with Gasteiger partial charge in [-0.2, -0.15) is 5.26 Å². The number of hydrogen-bond donors (Lipinski definition) is 0. The third-order valence-electron chi connectivity index (χ3n) is 2.65. The molecule has 0 amide bonds. The number of benzene rings is 1. The number of pyridine rings is 1. The average Bonchev–Trinajstić information content (AvgIpc) is 2.46. The largest absolute Gasteiger partial charge is 0.376 e. The van der Waals surface area contributed by atoms with E-state index in [0.29, 0.717) is 13.2 Å². The van der Waals surface area contributed by atoms with Crippen LogP contribution in [0.5, 0.6) is 0 Å². The van der Waals surface area contributed by atoms with E-state index in [1.807, 2.05) is 24.3 Å². The Morgan fingerprint density at radius 2 is 2.16 bits per heavy atom. The van der Waals surface area contributed by atoms with E-state index in [1.54, 1.807) is 12.3 Å². The van der Waals surface area contributed by atoms with Crippen LogP contribution in [0.4, 0.5) is 4.39 Å². The fourth-order valence-electron chi connectivity index (χ4n) is 1.66. The second-order valence-electron chi connectivity index (χ2n) is 4.05. The van der Waals surface area contributed by atoms with Gasteiger partial charge in [0.2, 0.25) is 0 Å². The first-order chi connectivity index (χ1) is 9.29. The highest BCUT2D eigenvalue weighted by molar-refractivity contribution is 5.34. The highest BCUT2D eigenvalue weighted by Gasteiger charge is 2.02. The molecule has 0 aliphatic rings. The molecule has 0 fully saturated rings.